The van der Waals surface area contributed by atoms with Gasteiger partial charge in [-0.1, -0.05) is 36.4 Å². The second-order valence-corrected chi connectivity index (χ2v) is 10.1. The second-order valence-electron chi connectivity index (χ2n) is 8.54. The zero-order chi connectivity index (χ0) is 25.7. The number of carbonyl (C=O) groups excluding carboxylic acids is 2. The molecule has 1 aliphatic heterocycles. The van der Waals surface area contributed by atoms with Gasteiger partial charge in [0.1, 0.15) is 24.2 Å². The average molecular weight is 512 g/mol. The van der Waals surface area contributed by atoms with Gasteiger partial charge >= 0.3 is 0 Å². The molecule has 0 radical (unpaired) electrons. The number of halogens is 1. The number of hydrogen-bond acceptors (Lipinski definition) is 5. The Labute approximate surface area is 208 Å². The Morgan fingerprint density at radius 1 is 0.972 bits per heavy atom. The fourth-order valence-corrected chi connectivity index (χ4v) is 4.46. The van der Waals surface area contributed by atoms with Crippen LogP contribution in [-0.2, 0) is 39.3 Å². The van der Waals surface area contributed by atoms with Crippen LogP contribution in [0, 0.1) is 5.82 Å². The van der Waals surface area contributed by atoms with Crippen molar-refractivity contribution in [2.45, 2.75) is 43.5 Å². The maximum atomic E-state index is 13.2. The molecule has 1 aliphatic rings. The summed E-state index contributed by atoms with van der Waals surface area (Å²) in [6, 6.07) is 18.7. The Morgan fingerprint density at radius 2 is 1.58 bits per heavy atom. The predicted molar refractivity (Wildman–Crippen MR) is 130 cm³/mol. The third-order valence-corrected chi connectivity index (χ3v) is 6.87. The summed E-state index contributed by atoms with van der Waals surface area (Å²) in [5.41, 5.74) is 2.41. The Morgan fingerprint density at radius 3 is 2.22 bits per heavy atom. The van der Waals surface area contributed by atoms with E-state index in [1.165, 1.54) is 29.2 Å². The third-order valence-electron chi connectivity index (χ3n) is 5.94. The quantitative estimate of drug-likeness (QED) is 0.458. The molecular formula is C26H26FN3O5S. The third kappa shape index (κ3) is 6.46. The largest absolute Gasteiger partial charge is 0.489 e. The molecule has 0 unspecified atom stereocenters. The van der Waals surface area contributed by atoms with Crippen LogP contribution in [0.25, 0.3) is 0 Å². The normalized spacial score (nSPS) is 15.7. The van der Waals surface area contributed by atoms with E-state index in [0.717, 1.165) is 16.7 Å². The zero-order valence-electron chi connectivity index (χ0n) is 19.4. The van der Waals surface area contributed by atoms with Crippen LogP contribution in [-0.4, -0.2) is 31.2 Å². The lowest BCUT2D eigenvalue weighted by Crippen LogP contribution is -2.44. The van der Waals surface area contributed by atoms with Crippen molar-refractivity contribution in [3.8, 4) is 5.75 Å². The molecule has 10 heteroatoms. The van der Waals surface area contributed by atoms with Gasteiger partial charge < -0.3 is 15.0 Å². The lowest BCUT2D eigenvalue weighted by molar-refractivity contribution is -0.135. The lowest BCUT2D eigenvalue weighted by atomic mass is 10.1. The van der Waals surface area contributed by atoms with Gasteiger partial charge in [0.2, 0.25) is 21.8 Å². The Balaban J connectivity index is 1.28. The fourth-order valence-electron chi connectivity index (χ4n) is 3.94. The Hall–Kier alpha value is -3.76. The van der Waals surface area contributed by atoms with E-state index in [4.69, 9.17) is 9.88 Å². The van der Waals surface area contributed by atoms with E-state index < -0.39 is 16.1 Å². The summed E-state index contributed by atoms with van der Waals surface area (Å²) in [6.45, 7) is 0.803. The zero-order valence-corrected chi connectivity index (χ0v) is 20.2. The predicted octanol–water partition coefficient (Wildman–Crippen LogP) is 2.86. The Bertz CT molecular complexity index is 1330. The van der Waals surface area contributed by atoms with Crippen molar-refractivity contribution in [3.05, 3.63) is 95.3 Å². The van der Waals surface area contributed by atoms with Crippen molar-refractivity contribution in [2.24, 2.45) is 5.14 Å². The van der Waals surface area contributed by atoms with Crippen molar-refractivity contribution in [1.82, 2.24) is 10.2 Å². The van der Waals surface area contributed by atoms with Crippen molar-refractivity contribution in [2.75, 3.05) is 0 Å². The summed E-state index contributed by atoms with van der Waals surface area (Å²) in [5.74, 6) is -0.0602. The number of nitrogens with one attached hydrogen (secondary N) is 1. The smallest absolute Gasteiger partial charge is 0.243 e. The molecule has 188 valence electrons. The number of primary sulfonamides is 1. The van der Waals surface area contributed by atoms with Crippen molar-refractivity contribution in [1.29, 1.82) is 0 Å². The summed E-state index contributed by atoms with van der Waals surface area (Å²) in [4.78, 5) is 26.7. The summed E-state index contributed by atoms with van der Waals surface area (Å²) in [6.07, 6.45) is 0.743. The van der Waals surface area contributed by atoms with E-state index in [1.807, 2.05) is 12.1 Å². The standard InChI is InChI=1S/C26H26FN3O5S/c27-21-7-1-19(2-8-21)16-30-24(13-14-25(30)31)26(32)29-15-18-3-9-22(10-4-18)35-17-20-5-11-23(12-6-20)36(28,33)34/h1-12,24H,13-17H2,(H,29,32)(H2,28,33,34)/t24-/m0/s1. The first-order valence-corrected chi connectivity index (χ1v) is 12.9. The summed E-state index contributed by atoms with van der Waals surface area (Å²) >= 11 is 0. The number of hydrogen-bond donors (Lipinski definition) is 2. The molecule has 3 aromatic rings. The monoisotopic (exact) mass is 511 g/mol. The molecule has 3 aromatic carbocycles. The van der Waals surface area contributed by atoms with Gasteiger partial charge in [-0.15, -0.1) is 0 Å². The molecule has 0 saturated carbocycles. The molecule has 0 aliphatic carbocycles. The van der Waals surface area contributed by atoms with Crippen LogP contribution in [0.5, 0.6) is 5.75 Å². The number of nitrogens with two attached hydrogens (primary N) is 1. The molecule has 1 fully saturated rings. The van der Waals surface area contributed by atoms with Crippen molar-refractivity contribution in [3.63, 3.8) is 0 Å². The van der Waals surface area contributed by atoms with Gasteiger partial charge in [-0.3, -0.25) is 9.59 Å². The molecule has 36 heavy (non-hydrogen) atoms. The highest BCUT2D eigenvalue weighted by molar-refractivity contribution is 7.89. The number of carbonyl (C=O) groups is 2. The van der Waals surface area contributed by atoms with Crippen LogP contribution in [0.15, 0.2) is 77.7 Å². The van der Waals surface area contributed by atoms with E-state index >= 15 is 0 Å². The van der Waals surface area contributed by atoms with Crippen LogP contribution >= 0.6 is 0 Å². The number of amides is 2. The Kier molecular flexibility index (Phi) is 7.66. The van der Waals surface area contributed by atoms with Crippen LogP contribution in [0.1, 0.15) is 29.5 Å². The fraction of sp³-hybridized carbons (Fsp3) is 0.231. The van der Waals surface area contributed by atoms with Gasteiger partial charge in [0.25, 0.3) is 0 Å². The highest BCUT2D eigenvalue weighted by Gasteiger charge is 2.35. The van der Waals surface area contributed by atoms with Gasteiger partial charge in [0, 0.05) is 19.5 Å². The van der Waals surface area contributed by atoms with Gasteiger partial charge in [-0.05, 0) is 59.5 Å². The van der Waals surface area contributed by atoms with Crippen molar-refractivity contribution >= 4 is 21.8 Å². The molecule has 0 spiro atoms. The first-order chi connectivity index (χ1) is 17.2. The molecular weight excluding hydrogens is 485 g/mol. The summed E-state index contributed by atoms with van der Waals surface area (Å²) < 4.78 is 41.6. The minimum atomic E-state index is -3.73. The van der Waals surface area contributed by atoms with Gasteiger partial charge in [0.15, 0.2) is 0 Å². The van der Waals surface area contributed by atoms with Crippen LogP contribution in [0.2, 0.25) is 0 Å². The molecule has 2 amide bonds. The van der Waals surface area contributed by atoms with E-state index in [1.54, 1.807) is 36.4 Å². The number of sulfonamides is 1. The molecule has 8 nitrogen and oxygen atoms in total. The number of rotatable bonds is 9. The molecule has 0 bridgehead atoms. The van der Waals surface area contributed by atoms with E-state index in [-0.39, 0.29) is 35.7 Å². The minimum Gasteiger partial charge on any atom is -0.489 e. The van der Waals surface area contributed by atoms with Gasteiger partial charge in [-0.2, -0.15) is 0 Å². The van der Waals surface area contributed by atoms with Crippen molar-refractivity contribution < 1.29 is 27.1 Å². The number of likely N-dealkylation sites (tertiary alicyclic amines) is 1. The van der Waals surface area contributed by atoms with Gasteiger partial charge in [0.05, 0.1) is 4.90 Å². The van der Waals surface area contributed by atoms with Crippen LogP contribution in [0.3, 0.4) is 0 Å². The maximum absolute atomic E-state index is 13.2. The van der Waals surface area contributed by atoms with Crippen LogP contribution < -0.4 is 15.2 Å². The lowest BCUT2D eigenvalue weighted by Gasteiger charge is -2.24. The maximum Gasteiger partial charge on any atom is 0.243 e. The highest BCUT2D eigenvalue weighted by Crippen LogP contribution is 2.22. The summed E-state index contributed by atoms with van der Waals surface area (Å²) in [7, 11) is -3.73. The number of nitrogens with zero attached hydrogens (tertiary/aromatic N) is 1. The number of ether oxygens (including phenoxy) is 1. The van der Waals surface area contributed by atoms with E-state index in [0.29, 0.717) is 25.1 Å². The SMILES string of the molecule is NS(=O)(=O)c1ccc(COc2ccc(CNC(=O)[C@@H]3CCC(=O)N3Cc3ccc(F)cc3)cc2)cc1. The molecule has 1 saturated heterocycles. The number of benzene rings is 3. The van der Waals surface area contributed by atoms with E-state index in [9.17, 15) is 22.4 Å². The first kappa shape index (κ1) is 25.3. The molecule has 4 rings (SSSR count). The van der Waals surface area contributed by atoms with Crippen LogP contribution in [0.4, 0.5) is 4.39 Å². The molecule has 1 atom stereocenters. The minimum absolute atomic E-state index is 0.0400. The first-order valence-electron chi connectivity index (χ1n) is 11.3. The highest BCUT2D eigenvalue weighted by atomic mass is 32.2. The molecule has 1 heterocycles. The second kappa shape index (κ2) is 10.9. The van der Waals surface area contributed by atoms with E-state index in [2.05, 4.69) is 5.32 Å². The molecule has 0 aromatic heterocycles. The van der Waals surface area contributed by atoms with Gasteiger partial charge in [-0.25, -0.2) is 17.9 Å². The average Bonchev–Trinajstić information content (AvgIpc) is 3.23. The molecule has 3 N–H and O–H groups in total. The summed E-state index contributed by atoms with van der Waals surface area (Å²) in [5, 5.41) is 7.99. The topological polar surface area (TPSA) is 119 Å².